The van der Waals surface area contributed by atoms with E-state index in [1.165, 1.54) is 0 Å². The zero-order valence-corrected chi connectivity index (χ0v) is 21.2. The second-order valence-electron chi connectivity index (χ2n) is 9.40. The molecule has 0 amide bonds. The van der Waals surface area contributed by atoms with Crippen molar-refractivity contribution in [3.63, 3.8) is 0 Å². The Morgan fingerprint density at radius 1 is 0.806 bits per heavy atom. The summed E-state index contributed by atoms with van der Waals surface area (Å²) in [4.78, 5) is 18.2. The fourth-order valence-corrected chi connectivity index (χ4v) is 4.21. The maximum absolute atomic E-state index is 5.60. The number of fused-ring (bicyclic) bond motifs is 1. The third-order valence-electron chi connectivity index (χ3n) is 6.05. The number of furan rings is 1. The van der Waals surface area contributed by atoms with Gasteiger partial charge in [-0.1, -0.05) is 18.2 Å². The molecule has 0 saturated heterocycles. The molecule has 1 unspecified atom stereocenters. The Morgan fingerprint density at radius 3 is 2.39 bits per heavy atom. The second kappa shape index (κ2) is 9.77. The van der Waals surface area contributed by atoms with E-state index in [1.54, 1.807) is 6.26 Å². The molecule has 5 aromatic rings. The van der Waals surface area contributed by atoms with Crippen molar-refractivity contribution < 1.29 is 4.42 Å². The van der Waals surface area contributed by atoms with Gasteiger partial charge >= 0.3 is 0 Å². The summed E-state index contributed by atoms with van der Waals surface area (Å²) in [6.45, 7) is 10.2. The highest BCUT2D eigenvalue weighted by Gasteiger charge is 2.12. The minimum atomic E-state index is 0.0356. The predicted octanol–water partition coefficient (Wildman–Crippen LogP) is 6.96. The molecular formula is C29H30N6O. The van der Waals surface area contributed by atoms with Gasteiger partial charge in [-0.15, -0.1) is 0 Å². The molecule has 0 aliphatic rings. The van der Waals surface area contributed by atoms with E-state index in [-0.39, 0.29) is 12.1 Å². The summed E-state index contributed by atoms with van der Waals surface area (Å²) in [6.07, 6.45) is 5.49. The fraction of sp³-hybridized carbons (Fsp3) is 0.241. The number of hydrogen-bond acceptors (Lipinski definition) is 7. The summed E-state index contributed by atoms with van der Waals surface area (Å²) in [5, 5.41) is 7.87. The van der Waals surface area contributed by atoms with E-state index in [2.05, 4.69) is 81.7 Å². The molecular weight excluding hydrogens is 448 g/mol. The minimum absolute atomic E-state index is 0.0356. The number of aromatic nitrogens is 4. The van der Waals surface area contributed by atoms with Crippen LogP contribution in [0.1, 0.15) is 43.8 Å². The molecule has 0 radical (unpaired) electrons. The van der Waals surface area contributed by atoms with E-state index in [0.717, 1.165) is 50.3 Å². The molecule has 1 atom stereocenters. The second-order valence-corrected chi connectivity index (χ2v) is 9.40. The largest absolute Gasteiger partial charge is 0.464 e. The number of aryl methyl sites for hydroxylation is 2. The van der Waals surface area contributed by atoms with Crippen molar-refractivity contribution in [3.8, 4) is 22.4 Å². The fourth-order valence-electron chi connectivity index (χ4n) is 4.21. The number of benzene rings is 2. The van der Waals surface area contributed by atoms with E-state index in [1.807, 2.05) is 44.4 Å². The van der Waals surface area contributed by atoms with Gasteiger partial charge in [0.1, 0.15) is 17.2 Å². The van der Waals surface area contributed by atoms with Crippen LogP contribution < -0.4 is 10.6 Å². The van der Waals surface area contributed by atoms with Crippen LogP contribution in [0.5, 0.6) is 0 Å². The number of nitrogens with one attached hydrogen (secondary N) is 2. The summed E-state index contributed by atoms with van der Waals surface area (Å²) in [6, 6.07) is 16.9. The van der Waals surface area contributed by atoms with Gasteiger partial charge in [0.05, 0.1) is 12.0 Å². The monoisotopic (exact) mass is 478 g/mol. The third-order valence-corrected chi connectivity index (χ3v) is 6.05. The average Bonchev–Trinajstić information content (AvgIpc) is 3.24. The van der Waals surface area contributed by atoms with Gasteiger partial charge in [0.15, 0.2) is 0 Å². The van der Waals surface area contributed by atoms with Crippen molar-refractivity contribution in [1.29, 1.82) is 0 Å². The van der Waals surface area contributed by atoms with Crippen molar-refractivity contribution in [3.05, 3.63) is 84.1 Å². The SMILES string of the molecule is Cc1nc(NC(C)c2cccc(-c3cnc(NC(C)C)nc3)c2)cc(-c2ccc3occ(C)c3c2)n1. The van der Waals surface area contributed by atoms with Crippen molar-refractivity contribution in [2.75, 3.05) is 10.6 Å². The number of hydrogen-bond donors (Lipinski definition) is 2. The normalized spacial score (nSPS) is 12.2. The van der Waals surface area contributed by atoms with Crippen LogP contribution in [0.3, 0.4) is 0 Å². The first-order chi connectivity index (χ1) is 17.4. The Labute approximate surface area is 211 Å². The van der Waals surface area contributed by atoms with Crippen molar-refractivity contribution in [2.24, 2.45) is 0 Å². The molecule has 0 fully saturated rings. The molecule has 36 heavy (non-hydrogen) atoms. The lowest BCUT2D eigenvalue weighted by Crippen LogP contribution is -2.12. The van der Waals surface area contributed by atoms with E-state index < -0.39 is 0 Å². The number of nitrogens with zero attached hydrogens (tertiary/aromatic N) is 4. The van der Waals surface area contributed by atoms with Gasteiger partial charge in [-0.25, -0.2) is 19.9 Å². The van der Waals surface area contributed by atoms with Crippen LogP contribution in [-0.2, 0) is 0 Å². The van der Waals surface area contributed by atoms with Crippen molar-refractivity contribution >= 4 is 22.7 Å². The standard InChI is InChI=1S/C29H30N6O/c1-17(2)32-29-30-14-24(15-31-29)22-8-6-7-21(11-22)19(4)33-28-13-26(34-20(5)35-28)23-9-10-27-25(12-23)18(3)16-36-27/h6-17,19H,1-5H3,(H,30,31,32)(H,33,34,35). The Hall–Kier alpha value is -4.26. The quantitative estimate of drug-likeness (QED) is 0.261. The van der Waals surface area contributed by atoms with E-state index in [0.29, 0.717) is 11.8 Å². The molecule has 3 aromatic heterocycles. The molecule has 7 nitrogen and oxygen atoms in total. The number of rotatable bonds is 7. The lowest BCUT2D eigenvalue weighted by molar-refractivity contribution is 0.613. The van der Waals surface area contributed by atoms with E-state index in [9.17, 15) is 0 Å². The number of anilines is 2. The molecule has 0 saturated carbocycles. The van der Waals surface area contributed by atoms with Crippen LogP contribution in [0, 0.1) is 13.8 Å². The van der Waals surface area contributed by atoms with Crippen LogP contribution in [0.4, 0.5) is 11.8 Å². The summed E-state index contributed by atoms with van der Waals surface area (Å²) >= 11 is 0. The van der Waals surface area contributed by atoms with Crippen LogP contribution in [0.15, 0.2) is 71.6 Å². The third kappa shape index (κ3) is 5.05. The van der Waals surface area contributed by atoms with Gasteiger partial charge in [0.25, 0.3) is 0 Å². The van der Waals surface area contributed by atoms with Gasteiger partial charge < -0.3 is 15.1 Å². The van der Waals surface area contributed by atoms with Gasteiger partial charge in [0.2, 0.25) is 5.95 Å². The maximum atomic E-state index is 5.60. The highest BCUT2D eigenvalue weighted by molar-refractivity contribution is 5.85. The smallest absolute Gasteiger partial charge is 0.222 e. The summed E-state index contributed by atoms with van der Waals surface area (Å²) in [5.41, 5.74) is 7.09. The Kier molecular flexibility index (Phi) is 6.38. The molecule has 182 valence electrons. The van der Waals surface area contributed by atoms with E-state index >= 15 is 0 Å². The topological polar surface area (TPSA) is 88.8 Å². The van der Waals surface area contributed by atoms with Crippen LogP contribution >= 0.6 is 0 Å². The first-order valence-electron chi connectivity index (χ1n) is 12.1. The first kappa shape index (κ1) is 23.5. The van der Waals surface area contributed by atoms with Crippen molar-refractivity contribution in [1.82, 2.24) is 19.9 Å². The highest BCUT2D eigenvalue weighted by Crippen LogP contribution is 2.29. The van der Waals surface area contributed by atoms with Crippen molar-refractivity contribution in [2.45, 2.75) is 46.7 Å². The minimum Gasteiger partial charge on any atom is -0.464 e. The Balaban J connectivity index is 1.37. The lowest BCUT2D eigenvalue weighted by atomic mass is 10.0. The molecule has 7 heteroatoms. The zero-order valence-electron chi connectivity index (χ0n) is 21.2. The van der Waals surface area contributed by atoms with Crippen LogP contribution in [0.25, 0.3) is 33.4 Å². The molecule has 5 rings (SSSR count). The van der Waals surface area contributed by atoms with Gasteiger partial charge in [-0.2, -0.15) is 0 Å². The predicted molar refractivity (Wildman–Crippen MR) is 145 cm³/mol. The summed E-state index contributed by atoms with van der Waals surface area (Å²) in [7, 11) is 0. The zero-order chi connectivity index (χ0) is 25.2. The molecule has 2 aromatic carbocycles. The molecule has 0 spiro atoms. The molecule has 0 aliphatic heterocycles. The molecule has 0 bridgehead atoms. The lowest BCUT2D eigenvalue weighted by Gasteiger charge is -2.17. The summed E-state index contributed by atoms with van der Waals surface area (Å²) < 4.78 is 5.60. The van der Waals surface area contributed by atoms with Gasteiger partial charge in [-0.3, -0.25) is 0 Å². The highest BCUT2D eigenvalue weighted by atomic mass is 16.3. The Bertz CT molecular complexity index is 1510. The molecule has 0 aliphatic carbocycles. The molecule has 3 heterocycles. The van der Waals surface area contributed by atoms with Crippen LogP contribution in [0.2, 0.25) is 0 Å². The molecule has 2 N–H and O–H groups in total. The summed E-state index contributed by atoms with van der Waals surface area (Å²) in [5.74, 6) is 2.14. The van der Waals surface area contributed by atoms with Crippen LogP contribution in [-0.4, -0.2) is 26.0 Å². The van der Waals surface area contributed by atoms with Gasteiger partial charge in [-0.05, 0) is 75.6 Å². The first-order valence-corrected chi connectivity index (χ1v) is 12.1. The maximum Gasteiger partial charge on any atom is 0.222 e. The van der Waals surface area contributed by atoms with E-state index in [4.69, 9.17) is 4.42 Å². The Morgan fingerprint density at radius 2 is 1.61 bits per heavy atom. The average molecular weight is 479 g/mol. The van der Waals surface area contributed by atoms with Gasteiger partial charge in [0, 0.05) is 47.1 Å².